The lowest BCUT2D eigenvalue weighted by Gasteiger charge is -2.03. The van der Waals surface area contributed by atoms with E-state index in [2.05, 4.69) is 52.1 Å². The highest BCUT2D eigenvalue weighted by Gasteiger charge is 2.32. The van der Waals surface area contributed by atoms with Crippen LogP contribution in [-0.4, -0.2) is 4.98 Å². The zero-order valence-electron chi connectivity index (χ0n) is 11.0. The average molecular weight is 257 g/mol. The van der Waals surface area contributed by atoms with E-state index in [-0.39, 0.29) is 0 Å². The number of aromatic nitrogens is 2. The zero-order valence-corrected chi connectivity index (χ0v) is 11.0. The number of hydrogen-bond donors (Lipinski definition) is 0. The summed E-state index contributed by atoms with van der Waals surface area (Å²) in [7, 11) is 0. The van der Waals surface area contributed by atoms with Crippen molar-refractivity contribution in [2.45, 2.75) is 13.0 Å². The molecule has 2 nitrogen and oxygen atoms in total. The van der Waals surface area contributed by atoms with Crippen molar-refractivity contribution in [3.63, 3.8) is 0 Å². The molecule has 3 aromatic rings. The van der Waals surface area contributed by atoms with Gasteiger partial charge in [0.05, 0.1) is 18.0 Å². The van der Waals surface area contributed by atoms with Crippen LogP contribution >= 0.6 is 0 Å². The Labute approximate surface area is 117 Å². The van der Waals surface area contributed by atoms with E-state index in [0.29, 0.717) is 0 Å². The summed E-state index contributed by atoms with van der Waals surface area (Å²) in [6.45, 7) is 0.977. The van der Waals surface area contributed by atoms with Gasteiger partial charge in [-0.2, -0.15) is 4.57 Å². The molecule has 0 fully saturated rings. The Morgan fingerprint density at radius 2 is 1.80 bits per heavy atom. The summed E-state index contributed by atoms with van der Waals surface area (Å²) < 4.78 is 2.29. The Hall–Kier alpha value is -2.48. The fourth-order valence-electron chi connectivity index (χ4n) is 3.62. The molecule has 94 valence electrons. The summed E-state index contributed by atoms with van der Waals surface area (Å²) in [5.41, 5.74) is 9.85. The van der Waals surface area contributed by atoms with E-state index in [0.717, 1.165) is 13.0 Å². The van der Waals surface area contributed by atoms with Gasteiger partial charge in [0.15, 0.2) is 12.7 Å². The van der Waals surface area contributed by atoms with Crippen LogP contribution in [0.2, 0.25) is 0 Å². The molecule has 0 spiro atoms. The minimum absolute atomic E-state index is 0.977. The number of nitrogens with zero attached hydrogens (tertiary/aromatic N) is 2. The molecule has 0 bridgehead atoms. The molecule has 1 aliphatic carbocycles. The van der Waals surface area contributed by atoms with Crippen molar-refractivity contribution < 1.29 is 4.57 Å². The highest BCUT2D eigenvalue weighted by molar-refractivity contribution is 5.82. The molecular formula is C18H13N2+. The van der Waals surface area contributed by atoms with Gasteiger partial charge in [-0.25, -0.2) is 0 Å². The van der Waals surface area contributed by atoms with Crippen LogP contribution in [0.5, 0.6) is 0 Å². The molecule has 0 unspecified atom stereocenters. The topological polar surface area (TPSA) is 16.8 Å². The molecule has 1 aromatic heterocycles. The van der Waals surface area contributed by atoms with Crippen molar-refractivity contribution in [1.29, 1.82) is 0 Å². The van der Waals surface area contributed by atoms with Crippen LogP contribution in [0.1, 0.15) is 16.7 Å². The van der Waals surface area contributed by atoms with Crippen molar-refractivity contribution in [1.82, 2.24) is 4.98 Å². The van der Waals surface area contributed by atoms with Crippen molar-refractivity contribution in [2.24, 2.45) is 0 Å². The molecule has 2 aliphatic rings. The lowest BCUT2D eigenvalue weighted by Crippen LogP contribution is -2.31. The first-order chi connectivity index (χ1) is 9.92. The Balaban J connectivity index is 1.78. The van der Waals surface area contributed by atoms with Gasteiger partial charge in [-0.3, -0.25) is 4.98 Å². The van der Waals surface area contributed by atoms with Gasteiger partial charge in [0.1, 0.15) is 0 Å². The maximum absolute atomic E-state index is 4.27. The fourth-order valence-corrected chi connectivity index (χ4v) is 3.62. The van der Waals surface area contributed by atoms with Crippen LogP contribution in [0.4, 0.5) is 0 Å². The predicted molar refractivity (Wildman–Crippen MR) is 77.2 cm³/mol. The Bertz CT molecular complexity index is 793. The van der Waals surface area contributed by atoms with Gasteiger partial charge >= 0.3 is 0 Å². The van der Waals surface area contributed by atoms with Crippen molar-refractivity contribution >= 4 is 0 Å². The monoisotopic (exact) mass is 257 g/mol. The molecule has 0 amide bonds. The second kappa shape index (κ2) is 3.54. The average Bonchev–Trinajstić information content (AvgIpc) is 3.05. The van der Waals surface area contributed by atoms with E-state index >= 15 is 0 Å². The van der Waals surface area contributed by atoms with Crippen molar-refractivity contribution in [3.8, 4) is 22.4 Å². The van der Waals surface area contributed by atoms with E-state index in [4.69, 9.17) is 0 Å². The Morgan fingerprint density at radius 3 is 2.80 bits per heavy atom. The summed E-state index contributed by atoms with van der Waals surface area (Å²) in [5.74, 6) is 0. The highest BCUT2D eigenvalue weighted by atomic mass is 15.0. The summed E-state index contributed by atoms with van der Waals surface area (Å²) >= 11 is 0. The SMILES string of the molecule is c1ccc2c(c1)Cc1c-2ccc2c1C[n+]1ccncc1-2. The van der Waals surface area contributed by atoms with Gasteiger partial charge in [0.25, 0.3) is 0 Å². The molecule has 1 aliphatic heterocycles. The first kappa shape index (κ1) is 10.3. The zero-order chi connectivity index (χ0) is 13.1. The Kier molecular flexibility index (Phi) is 1.83. The summed E-state index contributed by atoms with van der Waals surface area (Å²) in [4.78, 5) is 4.27. The second-order valence-electron chi connectivity index (χ2n) is 5.54. The van der Waals surface area contributed by atoms with Crippen LogP contribution in [0.15, 0.2) is 55.0 Å². The van der Waals surface area contributed by atoms with Gasteiger partial charge in [-0.1, -0.05) is 30.3 Å². The van der Waals surface area contributed by atoms with Gasteiger partial charge in [0, 0.05) is 5.56 Å². The maximum atomic E-state index is 4.27. The quantitative estimate of drug-likeness (QED) is 0.390. The maximum Gasteiger partial charge on any atom is 0.231 e. The van der Waals surface area contributed by atoms with E-state index in [9.17, 15) is 0 Å². The first-order valence-corrected chi connectivity index (χ1v) is 6.99. The van der Waals surface area contributed by atoms with E-state index < -0.39 is 0 Å². The number of benzene rings is 2. The van der Waals surface area contributed by atoms with Crippen LogP contribution < -0.4 is 4.57 Å². The summed E-state index contributed by atoms with van der Waals surface area (Å²) in [6.07, 6.45) is 6.98. The van der Waals surface area contributed by atoms with Crippen molar-refractivity contribution in [3.05, 3.63) is 71.7 Å². The second-order valence-corrected chi connectivity index (χ2v) is 5.54. The fraction of sp³-hybridized carbons (Fsp3) is 0.111. The van der Waals surface area contributed by atoms with Crippen LogP contribution in [0, 0.1) is 0 Å². The van der Waals surface area contributed by atoms with Gasteiger partial charge in [-0.15, -0.1) is 0 Å². The molecule has 0 radical (unpaired) electrons. The number of hydrogen-bond acceptors (Lipinski definition) is 1. The Morgan fingerprint density at radius 1 is 0.900 bits per heavy atom. The number of rotatable bonds is 0. The molecule has 5 rings (SSSR count). The molecule has 0 atom stereocenters. The van der Waals surface area contributed by atoms with Gasteiger partial charge in [-0.05, 0) is 34.7 Å². The lowest BCUT2D eigenvalue weighted by molar-refractivity contribution is -0.672. The van der Waals surface area contributed by atoms with E-state index in [1.165, 1.54) is 39.1 Å². The summed E-state index contributed by atoms with van der Waals surface area (Å²) in [5, 5.41) is 0. The first-order valence-electron chi connectivity index (χ1n) is 6.99. The smallest absolute Gasteiger partial charge is 0.231 e. The molecule has 2 heterocycles. The predicted octanol–water partition coefficient (Wildman–Crippen LogP) is 2.97. The third kappa shape index (κ3) is 1.19. The van der Waals surface area contributed by atoms with Crippen molar-refractivity contribution in [2.75, 3.05) is 0 Å². The normalized spacial score (nSPS) is 13.6. The minimum atomic E-state index is 0.977. The molecule has 0 N–H and O–H groups in total. The van der Waals surface area contributed by atoms with Crippen LogP contribution in [0.25, 0.3) is 22.4 Å². The molecular weight excluding hydrogens is 244 g/mol. The third-order valence-electron chi connectivity index (χ3n) is 4.55. The van der Waals surface area contributed by atoms with E-state index in [1.54, 1.807) is 0 Å². The molecule has 0 saturated heterocycles. The largest absolute Gasteiger partial charge is 0.252 e. The molecule has 20 heavy (non-hydrogen) atoms. The highest BCUT2D eigenvalue weighted by Crippen LogP contribution is 2.42. The standard InChI is InChI=1S/C18H13N2/c1-2-4-13-12(3-1)9-16-14(13)5-6-15-17(16)11-20-8-7-19-10-18(15)20/h1-8,10H,9,11H2/q+1. The third-order valence-corrected chi connectivity index (χ3v) is 4.55. The van der Waals surface area contributed by atoms with Gasteiger partial charge < -0.3 is 0 Å². The lowest BCUT2D eigenvalue weighted by atomic mass is 9.97. The molecule has 2 aromatic carbocycles. The van der Waals surface area contributed by atoms with Gasteiger partial charge in [0.2, 0.25) is 5.69 Å². The van der Waals surface area contributed by atoms with Crippen LogP contribution in [0.3, 0.4) is 0 Å². The number of fused-ring (bicyclic) bond motifs is 7. The van der Waals surface area contributed by atoms with Crippen LogP contribution in [-0.2, 0) is 13.0 Å². The molecule has 0 saturated carbocycles. The minimum Gasteiger partial charge on any atom is -0.252 e. The summed E-state index contributed by atoms with van der Waals surface area (Å²) in [6, 6.07) is 13.3. The van der Waals surface area contributed by atoms with E-state index in [1.807, 2.05) is 12.4 Å². The molecule has 2 heteroatoms.